The van der Waals surface area contributed by atoms with Gasteiger partial charge >= 0.3 is 0 Å². The quantitative estimate of drug-likeness (QED) is 0.503. The lowest BCUT2D eigenvalue weighted by Gasteiger charge is -2.11. The van der Waals surface area contributed by atoms with Crippen molar-refractivity contribution in [2.24, 2.45) is 0 Å². The molecule has 3 heterocycles. The van der Waals surface area contributed by atoms with E-state index in [9.17, 15) is 0 Å². The lowest BCUT2D eigenvalue weighted by Crippen LogP contribution is -1.91. The highest BCUT2D eigenvalue weighted by atomic mass is 32.1. The minimum Gasteiger partial charge on any atom is -0.456 e. The van der Waals surface area contributed by atoms with Crippen LogP contribution in [0.15, 0.2) is 66.3 Å². The number of fused-ring (bicyclic) bond motifs is 1. The Bertz CT molecular complexity index is 963. The van der Waals surface area contributed by atoms with Gasteiger partial charge < -0.3 is 4.74 Å². The topological polar surface area (TPSA) is 35.0 Å². The zero-order chi connectivity index (χ0) is 15.6. The number of aromatic nitrogens is 2. The fraction of sp³-hybridized carbons (Fsp3) is 0.0526. The number of rotatable bonds is 3. The van der Waals surface area contributed by atoms with E-state index in [-0.39, 0.29) is 0 Å². The molecule has 0 atom stereocenters. The van der Waals surface area contributed by atoms with Gasteiger partial charge in [-0.05, 0) is 42.1 Å². The fourth-order valence-electron chi connectivity index (χ4n) is 2.45. The van der Waals surface area contributed by atoms with Crippen LogP contribution in [0.25, 0.3) is 21.5 Å². The highest BCUT2D eigenvalue weighted by Gasteiger charge is 2.11. The molecule has 1 aromatic carbocycles. The van der Waals surface area contributed by atoms with Crippen molar-refractivity contribution in [3.8, 4) is 22.8 Å². The molecule has 0 unspecified atom stereocenters. The van der Waals surface area contributed by atoms with Crippen molar-refractivity contribution in [3.63, 3.8) is 0 Å². The van der Waals surface area contributed by atoms with Gasteiger partial charge in [-0.3, -0.25) is 4.98 Å². The van der Waals surface area contributed by atoms with E-state index in [2.05, 4.69) is 4.98 Å². The molecule has 4 heteroatoms. The van der Waals surface area contributed by atoms with Crippen molar-refractivity contribution >= 4 is 21.6 Å². The normalized spacial score (nSPS) is 10.8. The fourth-order valence-corrected chi connectivity index (χ4v) is 3.23. The van der Waals surface area contributed by atoms with E-state index < -0.39 is 0 Å². The largest absolute Gasteiger partial charge is 0.456 e. The van der Waals surface area contributed by atoms with Gasteiger partial charge in [-0.1, -0.05) is 18.2 Å². The molecule has 0 fully saturated rings. The van der Waals surface area contributed by atoms with E-state index in [1.54, 1.807) is 17.5 Å². The van der Waals surface area contributed by atoms with Crippen LogP contribution < -0.4 is 4.74 Å². The standard InChI is InChI=1S/C19H14N2OS/c1-13-5-2-3-7-17(13)22-18-11-16(14-6-4-9-20-12-14)21-19-15(18)8-10-23-19/h2-12H,1H3. The summed E-state index contributed by atoms with van der Waals surface area (Å²) in [6.07, 6.45) is 3.58. The predicted molar refractivity (Wildman–Crippen MR) is 94.1 cm³/mol. The van der Waals surface area contributed by atoms with Crippen LogP contribution in [0, 0.1) is 6.92 Å². The van der Waals surface area contributed by atoms with Gasteiger partial charge in [-0.15, -0.1) is 11.3 Å². The van der Waals surface area contributed by atoms with Crippen LogP contribution in [0.4, 0.5) is 0 Å². The molecular formula is C19H14N2OS. The molecule has 0 amide bonds. The van der Waals surface area contributed by atoms with Crippen LogP contribution in [-0.2, 0) is 0 Å². The van der Waals surface area contributed by atoms with Crippen molar-refractivity contribution in [1.29, 1.82) is 0 Å². The molecule has 3 nitrogen and oxygen atoms in total. The van der Waals surface area contributed by atoms with Crippen molar-refractivity contribution < 1.29 is 4.74 Å². The zero-order valence-electron chi connectivity index (χ0n) is 12.6. The molecule has 0 saturated heterocycles. The number of hydrogen-bond acceptors (Lipinski definition) is 4. The summed E-state index contributed by atoms with van der Waals surface area (Å²) in [5.74, 6) is 1.69. The van der Waals surface area contributed by atoms with Crippen LogP contribution in [0.2, 0.25) is 0 Å². The van der Waals surface area contributed by atoms with E-state index in [0.717, 1.165) is 38.5 Å². The van der Waals surface area contributed by atoms with Crippen LogP contribution in [0.3, 0.4) is 0 Å². The average molecular weight is 318 g/mol. The molecule has 0 aliphatic carbocycles. The van der Waals surface area contributed by atoms with Crippen LogP contribution in [0.1, 0.15) is 5.56 Å². The van der Waals surface area contributed by atoms with Gasteiger partial charge in [0.05, 0.1) is 11.1 Å². The van der Waals surface area contributed by atoms with Crippen molar-refractivity contribution in [1.82, 2.24) is 9.97 Å². The molecule has 0 spiro atoms. The lowest BCUT2D eigenvalue weighted by atomic mass is 10.1. The first-order chi connectivity index (χ1) is 11.3. The first-order valence-electron chi connectivity index (χ1n) is 7.33. The number of aryl methyl sites for hydroxylation is 1. The van der Waals surface area contributed by atoms with Gasteiger partial charge in [0, 0.05) is 24.0 Å². The van der Waals surface area contributed by atoms with Gasteiger partial charge in [-0.25, -0.2) is 4.98 Å². The molecule has 112 valence electrons. The minimum atomic E-state index is 0.824. The Balaban J connectivity index is 1.85. The number of hydrogen-bond donors (Lipinski definition) is 0. The summed E-state index contributed by atoms with van der Waals surface area (Å²) in [5, 5.41) is 3.07. The third-order valence-electron chi connectivity index (χ3n) is 3.67. The second-order valence-corrected chi connectivity index (χ2v) is 6.15. The van der Waals surface area contributed by atoms with Gasteiger partial charge in [0.25, 0.3) is 0 Å². The summed E-state index contributed by atoms with van der Waals surface area (Å²) < 4.78 is 6.19. The summed E-state index contributed by atoms with van der Waals surface area (Å²) in [6, 6.07) is 16.0. The van der Waals surface area contributed by atoms with Crippen LogP contribution >= 0.6 is 11.3 Å². The predicted octanol–water partition coefficient (Wildman–Crippen LogP) is 5.46. The number of para-hydroxylation sites is 1. The Morgan fingerprint density at radius 2 is 1.91 bits per heavy atom. The smallest absolute Gasteiger partial charge is 0.139 e. The van der Waals surface area contributed by atoms with Gasteiger partial charge in [-0.2, -0.15) is 0 Å². The van der Waals surface area contributed by atoms with Gasteiger partial charge in [0.15, 0.2) is 0 Å². The molecule has 0 saturated carbocycles. The van der Waals surface area contributed by atoms with E-state index >= 15 is 0 Å². The third kappa shape index (κ3) is 2.69. The van der Waals surface area contributed by atoms with Crippen LogP contribution in [-0.4, -0.2) is 9.97 Å². The Kier molecular flexibility index (Phi) is 3.52. The Morgan fingerprint density at radius 3 is 2.74 bits per heavy atom. The Morgan fingerprint density at radius 1 is 1.00 bits per heavy atom. The molecule has 0 aliphatic heterocycles. The maximum Gasteiger partial charge on any atom is 0.139 e. The summed E-state index contributed by atoms with van der Waals surface area (Å²) in [4.78, 5) is 9.88. The van der Waals surface area contributed by atoms with E-state index in [4.69, 9.17) is 9.72 Å². The third-order valence-corrected chi connectivity index (χ3v) is 4.48. The number of nitrogens with zero attached hydrogens (tertiary/aromatic N) is 2. The summed E-state index contributed by atoms with van der Waals surface area (Å²) in [5.41, 5.74) is 2.96. The number of ether oxygens (including phenoxy) is 1. The monoisotopic (exact) mass is 318 g/mol. The Hall–Kier alpha value is -2.72. The van der Waals surface area contributed by atoms with E-state index in [0.29, 0.717) is 0 Å². The van der Waals surface area contributed by atoms with Crippen molar-refractivity contribution in [2.75, 3.05) is 0 Å². The molecule has 4 aromatic rings. The molecule has 23 heavy (non-hydrogen) atoms. The molecule has 0 aliphatic rings. The average Bonchev–Trinajstić information content (AvgIpc) is 3.06. The summed E-state index contributed by atoms with van der Waals surface area (Å²) in [6.45, 7) is 2.05. The highest BCUT2D eigenvalue weighted by molar-refractivity contribution is 7.16. The maximum atomic E-state index is 6.19. The first-order valence-corrected chi connectivity index (χ1v) is 8.21. The number of pyridine rings is 2. The van der Waals surface area contributed by atoms with E-state index in [1.165, 1.54) is 0 Å². The molecule has 3 aromatic heterocycles. The number of thiophene rings is 1. The van der Waals surface area contributed by atoms with Crippen molar-refractivity contribution in [2.45, 2.75) is 6.92 Å². The second-order valence-electron chi connectivity index (χ2n) is 5.25. The zero-order valence-corrected chi connectivity index (χ0v) is 13.4. The minimum absolute atomic E-state index is 0.824. The number of benzene rings is 1. The molecule has 0 bridgehead atoms. The molecular weight excluding hydrogens is 304 g/mol. The highest BCUT2D eigenvalue weighted by Crippen LogP contribution is 2.36. The molecule has 4 rings (SSSR count). The molecule has 0 radical (unpaired) electrons. The van der Waals surface area contributed by atoms with E-state index in [1.807, 2.05) is 67.0 Å². The second kappa shape index (κ2) is 5.82. The van der Waals surface area contributed by atoms with Gasteiger partial charge in [0.1, 0.15) is 16.3 Å². The van der Waals surface area contributed by atoms with Crippen LogP contribution in [0.5, 0.6) is 11.5 Å². The lowest BCUT2D eigenvalue weighted by molar-refractivity contribution is 0.484. The first kappa shape index (κ1) is 13.9. The SMILES string of the molecule is Cc1ccccc1Oc1cc(-c2cccnc2)nc2sccc12. The molecule has 0 N–H and O–H groups in total. The van der Waals surface area contributed by atoms with Crippen molar-refractivity contribution in [3.05, 3.63) is 71.9 Å². The summed E-state index contributed by atoms with van der Waals surface area (Å²) in [7, 11) is 0. The summed E-state index contributed by atoms with van der Waals surface area (Å²) >= 11 is 1.61. The van der Waals surface area contributed by atoms with Gasteiger partial charge in [0.2, 0.25) is 0 Å². The maximum absolute atomic E-state index is 6.19. The Labute approximate surface area is 138 Å².